The van der Waals surface area contributed by atoms with Gasteiger partial charge in [0.05, 0.1) is 13.2 Å². The molecule has 0 rings (SSSR count). The molecule has 0 heterocycles. The first-order chi connectivity index (χ1) is 22.8. The van der Waals surface area contributed by atoms with E-state index in [9.17, 15) is 19.0 Å². The van der Waals surface area contributed by atoms with Gasteiger partial charge in [0.25, 0.3) is 0 Å². The lowest BCUT2D eigenvalue weighted by atomic mass is 10.1. The number of rotatable bonds is 36. The van der Waals surface area contributed by atoms with Crippen LogP contribution in [0.15, 0.2) is 12.2 Å². The molecular weight excluding hydrogens is 617 g/mol. The molecule has 0 amide bonds. The van der Waals surface area contributed by atoms with Crippen LogP contribution in [0.5, 0.6) is 0 Å². The fourth-order valence-corrected chi connectivity index (χ4v) is 6.04. The van der Waals surface area contributed by atoms with E-state index in [0.29, 0.717) is 6.42 Å². The topological polar surface area (TPSA) is 134 Å². The van der Waals surface area contributed by atoms with Crippen molar-refractivity contribution in [2.24, 2.45) is 5.73 Å². The summed E-state index contributed by atoms with van der Waals surface area (Å²) in [5.41, 5.74) is 5.33. The molecule has 0 aromatic heterocycles. The lowest BCUT2D eigenvalue weighted by Gasteiger charge is -2.19. The minimum atomic E-state index is -4.36. The maximum Gasteiger partial charge on any atom is 0.472 e. The minimum Gasteiger partial charge on any atom is -0.462 e. The summed E-state index contributed by atoms with van der Waals surface area (Å²) in [5, 5.41) is 0. The maximum atomic E-state index is 12.5. The van der Waals surface area contributed by atoms with E-state index in [4.69, 9.17) is 24.3 Å². The third kappa shape index (κ3) is 34.4. The van der Waals surface area contributed by atoms with E-state index < -0.39 is 26.5 Å². The van der Waals surface area contributed by atoms with Crippen molar-refractivity contribution in [1.29, 1.82) is 0 Å². The smallest absolute Gasteiger partial charge is 0.462 e. The Morgan fingerprint density at radius 3 is 1.53 bits per heavy atom. The van der Waals surface area contributed by atoms with Crippen molar-refractivity contribution in [3.63, 3.8) is 0 Å². The van der Waals surface area contributed by atoms with Crippen LogP contribution in [0.2, 0.25) is 0 Å². The molecule has 0 aliphatic carbocycles. The molecule has 0 saturated heterocycles. The van der Waals surface area contributed by atoms with Crippen molar-refractivity contribution in [3.8, 4) is 0 Å². The Labute approximate surface area is 288 Å². The number of carbonyl (C=O) groups excluding carboxylic acids is 2. The van der Waals surface area contributed by atoms with E-state index in [1.807, 2.05) is 0 Å². The Bertz CT molecular complexity index is 794. The van der Waals surface area contributed by atoms with Crippen molar-refractivity contribution in [1.82, 2.24) is 0 Å². The number of allylic oxidation sites excluding steroid dienone is 2. The highest BCUT2D eigenvalue weighted by Gasteiger charge is 2.25. The van der Waals surface area contributed by atoms with Gasteiger partial charge in [0.2, 0.25) is 0 Å². The molecule has 0 saturated carbocycles. The van der Waals surface area contributed by atoms with E-state index in [-0.39, 0.29) is 38.6 Å². The zero-order valence-electron chi connectivity index (χ0n) is 30.3. The fraction of sp³-hybridized carbons (Fsp3) is 0.892. The van der Waals surface area contributed by atoms with Crippen LogP contribution in [0.3, 0.4) is 0 Å². The Kier molecular flexibility index (Phi) is 33.7. The van der Waals surface area contributed by atoms with Gasteiger partial charge in [-0.05, 0) is 38.5 Å². The quantitative estimate of drug-likeness (QED) is 0.0285. The summed E-state index contributed by atoms with van der Waals surface area (Å²) >= 11 is 0. The number of hydrogen-bond donors (Lipinski definition) is 2. The highest BCUT2D eigenvalue weighted by molar-refractivity contribution is 7.47. The standard InChI is InChI=1S/C37H72NO8P/c1-3-5-7-9-11-13-15-16-17-18-20-22-24-26-28-30-37(40)46-35(34-45-47(41,42)44-32-31-38)33-43-36(39)29-27-25-23-21-19-14-12-10-8-6-4-2/h13,15,35H,3-12,14,16-34,38H2,1-2H3,(H,41,42). The molecule has 0 bridgehead atoms. The monoisotopic (exact) mass is 689 g/mol. The SMILES string of the molecule is CCCCCCC=CCCCCCCCCCC(=O)OC(COC(=O)CCCCCCCCCCCCC)COP(=O)(O)OCCN. The minimum absolute atomic E-state index is 0.0551. The van der Waals surface area contributed by atoms with Gasteiger partial charge < -0.3 is 20.1 Å². The Balaban J connectivity index is 4.21. The highest BCUT2D eigenvalue weighted by atomic mass is 31.2. The zero-order valence-corrected chi connectivity index (χ0v) is 31.2. The predicted molar refractivity (Wildman–Crippen MR) is 192 cm³/mol. The lowest BCUT2D eigenvalue weighted by molar-refractivity contribution is -0.161. The van der Waals surface area contributed by atoms with Crippen LogP contribution < -0.4 is 5.73 Å². The Hall–Kier alpha value is -1.25. The number of esters is 2. The highest BCUT2D eigenvalue weighted by Crippen LogP contribution is 2.43. The number of phosphoric ester groups is 1. The van der Waals surface area contributed by atoms with E-state index in [1.165, 1.54) is 103 Å². The molecule has 47 heavy (non-hydrogen) atoms. The maximum absolute atomic E-state index is 12.5. The molecule has 0 aromatic carbocycles. The van der Waals surface area contributed by atoms with E-state index in [1.54, 1.807) is 0 Å². The van der Waals surface area contributed by atoms with Gasteiger partial charge in [0, 0.05) is 19.4 Å². The normalized spacial score (nSPS) is 13.5. The van der Waals surface area contributed by atoms with E-state index in [2.05, 4.69) is 26.0 Å². The molecule has 278 valence electrons. The molecule has 2 unspecified atom stereocenters. The van der Waals surface area contributed by atoms with Crippen LogP contribution in [-0.2, 0) is 32.7 Å². The molecule has 0 fully saturated rings. The zero-order chi connectivity index (χ0) is 34.7. The summed E-state index contributed by atoms with van der Waals surface area (Å²) in [6.45, 7) is 3.71. The summed E-state index contributed by atoms with van der Waals surface area (Å²) < 4.78 is 32.6. The van der Waals surface area contributed by atoms with Gasteiger partial charge in [-0.15, -0.1) is 0 Å². The number of hydrogen-bond acceptors (Lipinski definition) is 8. The molecule has 2 atom stereocenters. The average molecular weight is 690 g/mol. The Morgan fingerprint density at radius 2 is 1.04 bits per heavy atom. The second kappa shape index (κ2) is 34.6. The van der Waals surface area contributed by atoms with Crippen LogP contribution >= 0.6 is 7.82 Å². The predicted octanol–water partition coefficient (Wildman–Crippen LogP) is 10.3. The summed E-state index contributed by atoms with van der Waals surface area (Å²) in [5.74, 6) is -0.830. The van der Waals surface area contributed by atoms with Crippen molar-refractivity contribution in [3.05, 3.63) is 12.2 Å². The fourth-order valence-electron chi connectivity index (χ4n) is 5.28. The van der Waals surface area contributed by atoms with Crippen LogP contribution in [0, 0.1) is 0 Å². The largest absolute Gasteiger partial charge is 0.472 e. The summed E-state index contributed by atoms with van der Waals surface area (Å²) in [7, 11) is -4.36. The van der Waals surface area contributed by atoms with Crippen molar-refractivity contribution in [2.75, 3.05) is 26.4 Å². The van der Waals surface area contributed by atoms with E-state index >= 15 is 0 Å². The lowest BCUT2D eigenvalue weighted by Crippen LogP contribution is -2.29. The molecule has 0 radical (unpaired) electrons. The first kappa shape index (κ1) is 45.8. The molecule has 0 spiro atoms. The first-order valence-electron chi connectivity index (χ1n) is 19.2. The molecule has 10 heteroatoms. The third-order valence-electron chi connectivity index (χ3n) is 8.15. The van der Waals surface area contributed by atoms with Gasteiger partial charge >= 0.3 is 19.8 Å². The molecular formula is C37H72NO8P. The van der Waals surface area contributed by atoms with Crippen LogP contribution in [0.4, 0.5) is 0 Å². The average Bonchev–Trinajstić information content (AvgIpc) is 3.05. The first-order valence-corrected chi connectivity index (χ1v) is 20.7. The number of unbranched alkanes of at least 4 members (excludes halogenated alkanes) is 21. The second-order valence-electron chi connectivity index (χ2n) is 12.8. The van der Waals surface area contributed by atoms with Crippen molar-refractivity contribution < 1.29 is 37.6 Å². The van der Waals surface area contributed by atoms with Crippen molar-refractivity contribution >= 4 is 19.8 Å². The van der Waals surface area contributed by atoms with Gasteiger partial charge in [-0.3, -0.25) is 18.6 Å². The molecule has 0 aromatic rings. The van der Waals surface area contributed by atoms with Crippen LogP contribution in [0.1, 0.15) is 181 Å². The summed E-state index contributed by atoms with van der Waals surface area (Å²) in [6, 6.07) is 0. The number of ether oxygens (including phenoxy) is 2. The molecule has 0 aliphatic heterocycles. The number of carbonyl (C=O) groups is 2. The van der Waals surface area contributed by atoms with Crippen LogP contribution in [0.25, 0.3) is 0 Å². The van der Waals surface area contributed by atoms with Crippen LogP contribution in [-0.4, -0.2) is 49.3 Å². The Morgan fingerprint density at radius 1 is 0.617 bits per heavy atom. The van der Waals surface area contributed by atoms with Crippen molar-refractivity contribution in [2.45, 2.75) is 187 Å². The van der Waals surface area contributed by atoms with Gasteiger partial charge in [0.1, 0.15) is 6.61 Å². The van der Waals surface area contributed by atoms with Gasteiger partial charge in [-0.1, -0.05) is 142 Å². The van der Waals surface area contributed by atoms with E-state index in [0.717, 1.165) is 44.9 Å². The third-order valence-corrected chi connectivity index (χ3v) is 9.14. The second-order valence-corrected chi connectivity index (χ2v) is 14.3. The number of phosphoric acid groups is 1. The van der Waals surface area contributed by atoms with Gasteiger partial charge in [0.15, 0.2) is 6.10 Å². The molecule has 0 aliphatic rings. The summed E-state index contributed by atoms with van der Waals surface area (Å²) in [6.07, 6.45) is 32.4. The number of nitrogens with two attached hydrogens (primary N) is 1. The molecule has 9 nitrogen and oxygen atoms in total. The van der Waals surface area contributed by atoms with Gasteiger partial charge in [-0.25, -0.2) is 4.57 Å². The molecule has 3 N–H and O–H groups in total. The van der Waals surface area contributed by atoms with Gasteiger partial charge in [-0.2, -0.15) is 0 Å². The summed E-state index contributed by atoms with van der Waals surface area (Å²) in [4.78, 5) is 34.7.